The highest BCUT2D eigenvalue weighted by molar-refractivity contribution is 7.92. The van der Waals surface area contributed by atoms with Crippen LogP contribution in [0.1, 0.15) is 32.8 Å². The molecule has 2 aromatic carbocycles. The summed E-state index contributed by atoms with van der Waals surface area (Å²) in [5.74, 6) is -1.61. The van der Waals surface area contributed by atoms with Crippen molar-refractivity contribution in [1.82, 2.24) is 10.2 Å². The molecule has 180 valence electrons. The van der Waals surface area contributed by atoms with Gasteiger partial charge in [-0.1, -0.05) is 36.7 Å². The molecule has 0 radical (unpaired) electrons. The summed E-state index contributed by atoms with van der Waals surface area (Å²) in [6.07, 6.45) is 1.65. The lowest BCUT2D eigenvalue weighted by Crippen LogP contribution is -2.52. The molecule has 0 aliphatic carbocycles. The maximum absolute atomic E-state index is 13.7. The summed E-state index contributed by atoms with van der Waals surface area (Å²) in [6.45, 7) is 4.79. The molecule has 0 heterocycles. The lowest BCUT2D eigenvalue weighted by atomic mass is 10.1. The van der Waals surface area contributed by atoms with E-state index in [1.165, 1.54) is 23.1 Å². The minimum Gasteiger partial charge on any atom is -0.352 e. The smallest absolute Gasteiger partial charge is 0.244 e. The second-order valence-corrected chi connectivity index (χ2v) is 10.2. The van der Waals surface area contributed by atoms with Crippen molar-refractivity contribution >= 4 is 39.1 Å². The largest absolute Gasteiger partial charge is 0.352 e. The SMILES string of the molecule is CC[C@@H](C)NC(=O)[C@@H](C)N(Cc1cccc(Cl)c1)C(=O)CN(c1cccc(F)c1)S(C)(=O)=O. The quantitative estimate of drug-likeness (QED) is 0.543. The maximum atomic E-state index is 13.7. The Balaban J connectivity index is 2.38. The third-order valence-electron chi connectivity index (χ3n) is 5.19. The third kappa shape index (κ3) is 7.71. The highest BCUT2D eigenvalue weighted by atomic mass is 35.5. The molecule has 2 atom stereocenters. The normalized spacial score (nSPS) is 13.2. The first-order valence-electron chi connectivity index (χ1n) is 10.5. The number of benzene rings is 2. The highest BCUT2D eigenvalue weighted by Crippen LogP contribution is 2.20. The zero-order valence-electron chi connectivity index (χ0n) is 19.1. The molecule has 10 heteroatoms. The van der Waals surface area contributed by atoms with Crippen LogP contribution in [0.25, 0.3) is 0 Å². The Morgan fingerprint density at radius 1 is 1.12 bits per heavy atom. The van der Waals surface area contributed by atoms with Crippen LogP contribution in [-0.4, -0.2) is 50.0 Å². The molecule has 0 saturated carbocycles. The number of anilines is 1. The van der Waals surface area contributed by atoms with Gasteiger partial charge >= 0.3 is 0 Å². The number of rotatable bonds is 10. The molecule has 0 aliphatic rings. The lowest BCUT2D eigenvalue weighted by Gasteiger charge is -2.32. The minimum atomic E-state index is -3.91. The van der Waals surface area contributed by atoms with E-state index < -0.39 is 34.3 Å². The fourth-order valence-corrected chi connectivity index (χ4v) is 4.18. The Morgan fingerprint density at radius 2 is 1.79 bits per heavy atom. The Labute approximate surface area is 199 Å². The number of hydrogen-bond donors (Lipinski definition) is 1. The second kappa shape index (κ2) is 11.5. The van der Waals surface area contributed by atoms with Crippen LogP contribution in [-0.2, 0) is 26.2 Å². The second-order valence-electron chi connectivity index (χ2n) is 7.89. The monoisotopic (exact) mass is 497 g/mol. The van der Waals surface area contributed by atoms with Crippen LogP contribution >= 0.6 is 11.6 Å². The first-order valence-corrected chi connectivity index (χ1v) is 12.7. The number of nitrogens with zero attached hydrogens (tertiary/aromatic N) is 2. The van der Waals surface area contributed by atoms with E-state index in [1.807, 2.05) is 13.8 Å². The van der Waals surface area contributed by atoms with Gasteiger partial charge in [0.05, 0.1) is 11.9 Å². The fraction of sp³-hybridized carbons (Fsp3) is 0.391. The molecule has 2 amide bonds. The molecular weight excluding hydrogens is 469 g/mol. The van der Waals surface area contributed by atoms with Crippen molar-refractivity contribution in [2.75, 3.05) is 17.1 Å². The topological polar surface area (TPSA) is 86.8 Å². The Morgan fingerprint density at radius 3 is 2.36 bits per heavy atom. The van der Waals surface area contributed by atoms with Crippen LogP contribution in [0.15, 0.2) is 48.5 Å². The molecule has 1 N–H and O–H groups in total. The highest BCUT2D eigenvalue weighted by Gasteiger charge is 2.30. The number of carbonyl (C=O) groups is 2. The summed E-state index contributed by atoms with van der Waals surface area (Å²) in [5, 5.41) is 3.31. The van der Waals surface area contributed by atoms with Crippen molar-refractivity contribution < 1.29 is 22.4 Å². The average Bonchev–Trinajstić information content (AvgIpc) is 2.74. The zero-order chi connectivity index (χ0) is 24.8. The first kappa shape index (κ1) is 26.6. The number of halogens is 2. The number of hydrogen-bond acceptors (Lipinski definition) is 4. The molecule has 33 heavy (non-hydrogen) atoms. The average molecular weight is 498 g/mol. The van der Waals surface area contributed by atoms with Gasteiger partial charge in [0.2, 0.25) is 21.8 Å². The van der Waals surface area contributed by atoms with Gasteiger partial charge in [0.15, 0.2) is 0 Å². The lowest BCUT2D eigenvalue weighted by molar-refractivity contribution is -0.139. The van der Waals surface area contributed by atoms with Gasteiger partial charge in [0.1, 0.15) is 18.4 Å². The summed E-state index contributed by atoms with van der Waals surface area (Å²) < 4.78 is 39.4. The Hall–Kier alpha value is -2.65. The molecule has 0 fully saturated rings. The predicted octanol–water partition coefficient (Wildman–Crippen LogP) is 3.58. The van der Waals surface area contributed by atoms with Gasteiger partial charge in [0, 0.05) is 17.6 Å². The van der Waals surface area contributed by atoms with Crippen molar-refractivity contribution in [1.29, 1.82) is 0 Å². The number of sulfonamides is 1. The van der Waals surface area contributed by atoms with E-state index in [-0.39, 0.29) is 24.2 Å². The molecule has 0 bridgehead atoms. The van der Waals surface area contributed by atoms with E-state index in [1.54, 1.807) is 31.2 Å². The van der Waals surface area contributed by atoms with Gasteiger partial charge in [0.25, 0.3) is 0 Å². The predicted molar refractivity (Wildman–Crippen MR) is 128 cm³/mol. The van der Waals surface area contributed by atoms with Crippen LogP contribution in [0, 0.1) is 5.82 Å². The number of carbonyl (C=O) groups excluding carboxylic acids is 2. The van der Waals surface area contributed by atoms with Gasteiger partial charge in [-0.3, -0.25) is 13.9 Å². The van der Waals surface area contributed by atoms with E-state index in [0.29, 0.717) is 17.0 Å². The van der Waals surface area contributed by atoms with E-state index in [2.05, 4.69) is 5.32 Å². The van der Waals surface area contributed by atoms with Gasteiger partial charge in [-0.25, -0.2) is 12.8 Å². The fourth-order valence-electron chi connectivity index (χ4n) is 3.13. The molecule has 2 aromatic rings. The van der Waals surface area contributed by atoms with Gasteiger partial charge in [-0.15, -0.1) is 0 Å². The molecule has 2 rings (SSSR count). The van der Waals surface area contributed by atoms with E-state index >= 15 is 0 Å². The molecule has 0 spiro atoms. The molecule has 7 nitrogen and oxygen atoms in total. The first-order chi connectivity index (χ1) is 15.4. The third-order valence-corrected chi connectivity index (χ3v) is 6.56. The van der Waals surface area contributed by atoms with Crippen LogP contribution in [0.4, 0.5) is 10.1 Å². The number of nitrogens with one attached hydrogen (secondary N) is 1. The molecule has 0 unspecified atom stereocenters. The van der Waals surface area contributed by atoms with Gasteiger partial charge < -0.3 is 10.2 Å². The van der Waals surface area contributed by atoms with E-state index in [9.17, 15) is 22.4 Å². The van der Waals surface area contributed by atoms with E-state index in [0.717, 1.165) is 16.6 Å². The van der Waals surface area contributed by atoms with Crippen LogP contribution < -0.4 is 9.62 Å². The minimum absolute atomic E-state index is 0.0188. The standard InChI is InChI=1S/C23H29ClFN3O4S/c1-5-16(2)26-23(30)17(3)27(14-18-8-6-9-19(24)12-18)22(29)15-28(33(4,31)32)21-11-7-10-20(25)13-21/h6-13,16-17H,5,14-15H2,1-4H3,(H,26,30)/t16-,17-/m1/s1. The zero-order valence-corrected chi connectivity index (χ0v) is 20.7. The van der Waals surface area contributed by atoms with Crippen molar-refractivity contribution in [3.63, 3.8) is 0 Å². The van der Waals surface area contributed by atoms with Crippen molar-refractivity contribution in [3.05, 3.63) is 64.9 Å². The summed E-state index contributed by atoms with van der Waals surface area (Å²) in [5.41, 5.74) is 0.695. The van der Waals surface area contributed by atoms with Gasteiger partial charge in [-0.05, 0) is 56.2 Å². The molecular formula is C23H29ClFN3O4S. The maximum Gasteiger partial charge on any atom is 0.244 e. The van der Waals surface area contributed by atoms with Crippen LogP contribution in [0.5, 0.6) is 0 Å². The summed E-state index contributed by atoms with van der Waals surface area (Å²) in [4.78, 5) is 27.5. The molecule has 0 aromatic heterocycles. The summed E-state index contributed by atoms with van der Waals surface area (Å²) >= 11 is 6.07. The Bertz CT molecular complexity index is 1100. The van der Waals surface area contributed by atoms with Crippen LogP contribution in [0.2, 0.25) is 5.02 Å². The Kier molecular flexibility index (Phi) is 9.25. The van der Waals surface area contributed by atoms with Gasteiger partial charge in [-0.2, -0.15) is 0 Å². The van der Waals surface area contributed by atoms with E-state index in [4.69, 9.17) is 11.6 Å². The van der Waals surface area contributed by atoms with Crippen molar-refractivity contribution in [2.45, 2.75) is 45.8 Å². The molecule has 0 aliphatic heterocycles. The molecule has 0 saturated heterocycles. The van der Waals surface area contributed by atoms with Crippen molar-refractivity contribution in [3.8, 4) is 0 Å². The van der Waals surface area contributed by atoms with Crippen molar-refractivity contribution in [2.24, 2.45) is 0 Å². The summed E-state index contributed by atoms with van der Waals surface area (Å²) in [6, 6.07) is 10.8. The number of amides is 2. The van der Waals surface area contributed by atoms with Crippen LogP contribution in [0.3, 0.4) is 0 Å². The summed E-state index contributed by atoms with van der Waals surface area (Å²) in [7, 11) is -3.91.